The average Bonchev–Trinajstić information content (AvgIpc) is 3.34. The van der Waals surface area contributed by atoms with Gasteiger partial charge in [0.15, 0.2) is 23.4 Å². The first-order valence-corrected chi connectivity index (χ1v) is 11.3. The Bertz CT molecular complexity index is 1160. The Morgan fingerprint density at radius 1 is 1.12 bits per heavy atom. The second-order valence-electron chi connectivity index (χ2n) is 7.97. The maximum Gasteiger partial charge on any atom is 0.414 e. The van der Waals surface area contributed by atoms with Crippen LogP contribution in [-0.4, -0.2) is 47.1 Å². The van der Waals surface area contributed by atoms with Crippen LogP contribution in [0.2, 0.25) is 0 Å². The summed E-state index contributed by atoms with van der Waals surface area (Å²) in [6.07, 6.45) is -0.960. The molecule has 2 aromatic carbocycles. The first kappa shape index (κ1) is 21.3. The van der Waals surface area contributed by atoms with Gasteiger partial charge >= 0.3 is 6.09 Å². The van der Waals surface area contributed by atoms with E-state index in [9.17, 15) is 19.2 Å². The lowest BCUT2D eigenvalue weighted by atomic mass is 9.97. The molecule has 5 rings (SSSR count). The first-order valence-electron chi connectivity index (χ1n) is 10.4. The molecule has 3 atom stereocenters. The number of nitrogens with one attached hydrogen (secondary N) is 2. The van der Waals surface area contributed by atoms with E-state index in [0.29, 0.717) is 29.2 Å². The smallest absolute Gasteiger partial charge is 0.414 e. The van der Waals surface area contributed by atoms with E-state index >= 15 is 0 Å². The number of alkyl carbamates (subject to hydrolysis) is 1. The molecule has 1 fully saturated rings. The summed E-state index contributed by atoms with van der Waals surface area (Å²) in [4.78, 5) is 48.7. The monoisotopic (exact) mass is 468 g/mol. The summed E-state index contributed by atoms with van der Waals surface area (Å²) >= 11 is 1.33. The van der Waals surface area contributed by atoms with Crippen molar-refractivity contribution in [2.75, 3.05) is 12.1 Å². The predicted octanol–water partition coefficient (Wildman–Crippen LogP) is 2.46. The largest absolute Gasteiger partial charge is 0.454 e. The van der Waals surface area contributed by atoms with Crippen molar-refractivity contribution in [3.63, 3.8) is 0 Å². The maximum atomic E-state index is 13.0. The van der Waals surface area contributed by atoms with Crippen LogP contribution >= 0.6 is 11.8 Å². The standard InChI is InChI=1S/C23H20N2O7S/c1-11-20(26)15-9-17-16(30-10-31-17)7-13(15)8-19(33-11)22(28)24-14-4-2-12(3-5-14)6-18-21(27)25-23(29)32-18/h2-5,7,9,11,18-19H,6,8,10H2,1H3,(H,24,28)(H,25,27,29). The molecule has 2 aromatic rings. The molecule has 0 saturated carbocycles. The van der Waals surface area contributed by atoms with Crippen LogP contribution in [0.1, 0.15) is 28.4 Å². The number of benzene rings is 2. The van der Waals surface area contributed by atoms with E-state index in [4.69, 9.17) is 14.2 Å². The average molecular weight is 468 g/mol. The molecule has 0 radical (unpaired) electrons. The molecule has 3 aliphatic rings. The number of carbonyl (C=O) groups excluding carboxylic acids is 4. The molecule has 9 nitrogen and oxygen atoms in total. The molecule has 10 heteroatoms. The summed E-state index contributed by atoms with van der Waals surface area (Å²) in [5.74, 6) is 0.422. The number of cyclic esters (lactones) is 1. The molecular weight excluding hydrogens is 448 g/mol. The fraction of sp³-hybridized carbons (Fsp3) is 0.304. The molecule has 0 bridgehead atoms. The molecule has 33 heavy (non-hydrogen) atoms. The van der Waals surface area contributed by atoms with E-state index in [1.165, 1.54) is 11.8 Å². The Hall–Kier alpha value is -3.53. The van der Waals surface area contributed by atoms with Crippen molar-refractivity contribution < 1.29 is 33.4 Å². The topological polar surface area (TPSA) is 120 Å². The molecule has 170 valence electrons. The number of amides is 3. The lowest BCUT2D eigenvalue weighted by molar-refractivity contribution is -0.123. The van der Waals surface area contributed by atoms with Gasteiger partial charge in [0, 0.05) is 17.7 Å². The molecule has 3 heterocycles. The summed E-state index contributed by atoms with van der Waals surface area (Å²) in [6, 6.07) is 10.5. The van der Waals surface area contributed by atoms with Gasteiger partial charge in [-0.2, -0.15) is 0 Å². The number of hydrogen-bond acceptors (Lipinski definition) is 8. The molecule has 3 amide bonds. The summed E-state index contributed by atoms with van der Waals surface area (Å²) in [6.45, 7) is 1.91. The van der Waals surface area contributed by atoms with Crippen molar-refractivity contribution in [1.29, 1.82) is 0 Å². The summed E-state index contributed by atoms with van der Waals surface area (Å²) in [5, 5.41) is 4.15. The van der Waals surface area contributed by atoms with E-state index in [-0.39, 0.29) is 30.2 Å². The quantitative estimate of drug-likeness (QED) is 0.702. The van der Waals surface area contributed by atoms with Crippen LogP contribution in [0.5, 0.6) is 11.5 Å². The third-order valence-electron chi connectivity index (χ3n) is 5.71. The molecule has 0 aliphatic carbocycles. The summed E-state index contributed by atoms with van der Waals surface area (Å²) in [7, 11) is 0. The Labute approximate surface area is 193 Å². The highest BCUT2D eigenvalue weighted by molar-refractivity contribution is 8.02. The van der Waals surface area contributed by atoms with Crippen LogP contribution in [0.3, 0.4) is 0 Å². The van der Waals surface area contributed by atoms with Gasteiger partial charge in [-0.3, -0.25) is 19.7 Å². The fourth-order valence-corrected chi connectivity index (χ4v) is 5.20. The normalized spacial score (nSPS) is 23.4. The van der Waals surface area contributed by atoms with Crippen LogP contribution in [0, 0.1) is 0 Å². The zero-order chi connectivity index (χ0) is 23.1. The minimum atomic E-state index is -0.852. The second kappa shape index (κ2) is 8.43. The Morgan fingerprint density at radius 2 is 1.85 bits per heavy atom. The van der Waals surface area contributed by atoms with Crippen molar-refractivity contribution in [2.45, 2.75) is 36.4 Å². The highest BCUT2D eigenvalue weighted by Gasteiger charge is 2.34. The van der Waals surface area contributed by atoms with E-state index in [0.717, 1.165) is 11.1 Å². The van der Waals surface area contributed by atoms with Gasteiger partial charge in [0.05, 0.1) is 10.5 Å². The van der Waals surface area contributed by atoms with Gasteiger partial charge in [0.25, 0.3) is 5.91 Å². The number of hydrogen-bond donors (Lipinski definition) is 2. The lowest BCUT2D eigenvalue weighted by Gasteiger charge is -2.16. The fourth-order valence-electron chi connectivity index (χ4n) is 4.00. The van der Waals surface area contributed by atoms with Gasteiger partial charge in [-0.15, -0.1) is 11.8 Å². The van der Waals surface area contributed by atoms with Crippen LogP contribution in [0.15, 0.2) is 36.4 Å². The molecular formula is C23H20N2O7S. The van der Waals surface area contributed by atoms with Gasteiger partial charge in [0.1, 0.15) is 0 Å². The van der Waals surface area contributed by atoms with Crippen molar-refractivity contribution in [3.8, 4) is 11.5 Å². The van der Waals surface area contributed by atoms with Crippen molar-refractivity contribution in [3.05, 3.63) is 53.1 Å². The number of rotatable bonds is 4. The number of Topliss-reactive ketones (excluding diaryl/α,β-unsaturated/α-hetero) is 1. The zero-order valence-electron chi connectivity index (χ0n) is 17.6. The zero-order valence-corrected chi connectivity index (χ0v) is 18.4. The van der Waals surface area contributed by atoms with Gasteiger partial charge in [-0.05, 0) is 48.7 Å². The van der Waals surface area contributed by atoms with Crippen molar-refractivity contribution >= 4 is 41.1 Å². The first-order chi connectivity index (χ1) is 15.9. The molecule has 0 aromatic heterocycles. The number of thioether (sulfide) groups is 1. The number of fused-ring (bicyclic) bond motifs is 2. The van der Waals surface area contributed by atoms with E-state index in [1.54, 1.807) is 43.3 Å². The van der Waals surface area contributed by atoms with Gasteiger partial charge in [-0.25, -0.2) is 4.79 Å². The summed E-state index contributed by atoms with van der Waals surface area (Å²) < 4.78 is 15.8. The van der Waals surface area contributed by atoms with Gasteiger partial charge in [0.2, 0.25) is 12.7 Å². The molecule has 1 saturated heterocycles. The van der Waals surface area contributed by atoms with Crippen LogP contribution in [0.25, 0.3) is 0 Å². The molecule has 3 aliphatic heterocycles. The Morgan fingerprint density at radius 3 is 2.55 bits per heavy atom. The minimum Gasteiger partial charge on any atom is -0.454 e. The van der Waals surface area contributed by atoms with E-state index in [1.807, 2.05) is 0 Å². The van der Waals surface area contributed by atoms with Gasteiger partial charge < -0.3 is 19.5 Å². The number of anilines is 1. The second-order valence-corrected chi connectivity index (χ2v) is 9.52. The number of carbonyl (C=O) groups is 4. The van der Waals surface area contributed by atoms with Crippen molar-refractivity contribution in [1.82, 2.24) is 5.32 Å². The number of imide groups is 1. The number of ether oxygens (including phenoxy) is 3. The van der Waals surface area contributed by atoms with E-state index < -0.39 is 23.4 Å². The van der Waals surface area contributed by atoms with Gasteiger partial charge in [-0.1, -0.05) is 12.1 Å². The molecule has 3 unspecified atom stereocenters. The number of ketones is 1. The third-order valence-corrected chi connectivity index (χ3v) is 7.04. The molecule has 0 spiro atoms. The highest BCUT2D eigenvalue weighted by Crippen LogP contribution is 2.39. The van der Waals surface area contributed by atoms with Crippen molar-refractivity contribution in [2.24, 2.45) is 0 Å². The van der Waals surface area contributed by atoms with Crippen LogP contribution in [0.4, 0.5) is 10.5 Å². The molecule has 2 N–H and O–H groups in total. The summed E-state index contributed by atoms with van der Waals surface area (Å²) in [5.41, 5.74) is 2.71. The van der Waals surface area contributed by atoms with Crippen LogP contribution < -0.4 is 20.1 Å². The maximum absolute atomic E-state index is 13.0. The third kappa shape index (κ3) is 4.25. The van der Waals surface area contributed by atoms with Crippen LogP contribution in [-0.2, 0) is 27.2 Å². The SMILES string of the molecule is CC1SC(C(=O)Nc2ccc(CC3OC(=O)NC3=O)cc2)Cc2cc3c(cc2C1=O)OCO3. The van der Waals surface area contributed by atoms with E-state index in [2.05, 4.69) is 10.6 Å². The Balaban J connectivity index is 1.28. The lowest BCUT2D eigenvalue weighted by Crippen LogP contribution is -2.28. The Kier molecular flexibility index (Phi) is 5.45. The minimum absolute atomic E-state index is 0.0374. The highest BCUT2D eigenvalue weighted by atomic mass is 32.2. The predicted molar refractivity (Wildman–Crippen MR) is 119 cm³/mol.